The summed E-state index contributed by atoms with van der Waals surface area (Å²) in [6.45, 7) is 2.02. The number of carbonyl (C=O) groups is 1. The van der Waals surface area contributed by atoms with E-state index in [9.17, 15) is 4.79 Å². The summed E-state index contributed by atoms with van der Waals surface area (Å²) in [5.41, 5.74) is 3.08. The van der Waals surface area contributed by atoms with E-state index in [-0.39, 0.29) is 17.7 Å². The zero-order valence-electron chi connectivity index (χ0n) is 14.0. The molecule has 2 heterocycles. The second-order valence-corrected chi connectivity index (χ2v) is 6.91. The smallest absolute Gasteiger partial charge is 0.230 e. The van der Waals surface area contributed by atoms with Crippen LogP contribution < -0.4 is 5.32 Å². The van der Waals surface area contributed by atoms with Crippen LogP contribution in [0.1, 0.15) is 12.0 Å². The fourth-order valence-corrected chi connectivity index (χ4v) is 3.33. The van der Waals surface area contributed by atoms with Gasteiger partial charge >= 0.3 is 0 Å². The Morgan fingerprint density at radius 2 is 2.19 bits per heavy atom. The van der Waals surface area contributed by atoms with Crippen LogP contribution in [-0.4, -0.2) is 15.9 Å². The highest BCUT2D eigenvalue weighted by Crippen LogP contribution is 2.38. The van der Waals surface area contributed by atoms with Gasteiger partial charge in [-0.3, -0.25) is 9.78 Å². The molecule has 5 nitrogen and oxygen atoms in total. The minimum absolute atomic E-state index is 0.159. The average molecular weight is 363 g/mol. The third-order valence-electron chi connectivity index (χ3n) is 4.68. The maximum absolute atomic E-state index is 12.1. The standard InChI is InChI=1S/C20H15ClN4O/c1-11-2-3-23-9-16(11)12-4-13-7-19(24-10-17(13)18(21)6-12)25-20(26)15-5-14(15)8-22/h2-4,6-7,9-10,14-15H,5H2,1H3,(H,24,25,26)/t14-,15+/m0/s1. The number of anilines is 1. The Morgan fingerprint density at radius 1 is 1.35 bits per heavy atom. The normalized spacial score (nSPS) is 18.3. The molecule has 0 saturated heterocycles. The van der Waals surface area contributed by atoms with Crippen LogP contribution in [0.2, 0.25) is 5.02 Å². The summed E-state index contributed by atoms with van der Waals surface area (Å²) in [5.74, 6) is -0.105. The Bertz CT molecular complexity index is 1070. The quantitative estimate of drug-likeness (QED) is 0.750. The maximum Gasteiger partial charge on any atom is 0.230 e. The van der Waals surface area contributed by atoms with Gasteiger partial charge in [-0.15, -0.1) is 0 Å². The van der Waals surface area contributed by atoms with E-state index in [0.29, 0.717) is 17.3 Å². The van der Waals surface area contributed by atoms with Crippen molar-refractivity contribution in [2.24, 2.45) is 11.8 Å². The van der Waals surface area contributed by atoms with E-state index in [0.717, 1.165) is 27.5 Å². The van der Waals surface area contributed by atoms with Crippen molar-refractivity contribution in [1.29, 1.82) is 5.26 Å². The molecule has 1 saturated carbocycles. The number of aryl methyl sites for hydroxylation is 1. The number of nitriles is 1. The van der Waals surface area contributed by atoms with Crippen molar-refractivity contribution in [2.45, 2.75) is 13.3 Å². The molecule has 26 heavy (non-hydrogen) atoms. The number of nitrogens with one attached hydrogen (secondary N) is 1. The first-order valence-corrected chi connectivity index (χ1v) is 8.65. The van der Waals surface area contributed by atoms with Gasteiger partial charge in [0.2, 0.25) is 5.91 Å². The molecule has 0 spiro atoms. The molecule has 1 fully saturated rings. The number of rotatable bonds is 3. The Balaban J connectivity index is 1.70. The van der Waals surface area contributed by atoms with Gasteiger partial charge in [-0.1, -0.05) is 11.6 Å². The molecule has 1 amide bonds. The summed E-state index contributed by atoms with van der Waals surface area (Å²) in [7, 11) is 0. The fraction of sp³-hybridized carbons (Fsp3) is 0.200. The SMILES string of the molecule is Cc1ccncc1-c1cc(Cl)c2cnc(NC(=O)[C@@H]3C[C@H]3C#N)cc2c1. The van der Waals surface area contributed by atoms with Crippen molar-refractivity contribution in [3.05, 3.63) is 53.4 Å². The Morgan fingerprint density at radius 3 is 2.92 bits per heavy atom. The number of fused-ring (bicyclic) bond motifs is 1. The number of hydrogen-bond donors (Lipinski definition) is 1. The van der Waals surface area contributed by atoms with E-state index in [1.54, 1.807) is 18.5 Å². The first kappa shape index (κ1) is 16.5. The van der Waals surface area contributed by atoms with Crippen molar-refractivity contribution in [1.82, 2.24) is 9.97 Å². The van der Waals surface area contributed by atoms with Crippen LogP contribution >= 0.6 is 11.6 Å². The van der Waals surface area contributed by atoms with E-state index in [4.69, 9.17) is 16.9 Å². The number of amides is 1. The number of benzene rings is 1. The summed E-state index contributed by atoms with van der Waals surface area (Å²) in [4.78, 5) is 20.6. The molecule has 0 bridgehead atoms. The molecule has 2 atom stereocenters. The predicted octanol–water partition coefficient (Wildman–Crippen LogP) is 4.36. The van der Waals surface area contributed by atoms with E-state index < -0.39 is 0 Å². The maximum atomic E-state index is 12.1. The minimum Gasteiger partial charge on any atom is -0.310 e. The van der Waals surface area contributed by atoms with Crippen LogP contribution in [0.4, 0.5) is 5.82 Å². The molecule has 1 aromatic carbocycles. The highest BCUT2D eigenvalue weighted by atomic mass is 35.5. The topological polar surface area (TPSA) is 78.7 Å². The van der Waals surface area contributed by atoms with Crippen LogP contribution in [0.25, 0.3) is 21.9 Å². The molecule has 1 aliphatic rings. The number of halogens is 1. The van der Waals surface area contributed by atoms with Gasteiger partial charge < -0.3 is 5.32 Å². The Hall–Kier alpha value is -2.97. The Kier molecular flexibility index (Phi) is 4.06. The number of pyridine rings is 2. The molecule has 0 aliphatic heterocycles. The van der Waals surface area contributed by atoms with Gasteiger partial charge in [-0.25, -0.2) is 4.98 Å². The molecule has 1 N–H and O–H groups in total. The highest BCUT2D eigenvalue weighted by Gasteiger charge is 2.43. The monoisotopic (exact) mass is 362 g/mol. The minimum atomic E-state index is -0.231. The summed E-state index contributed by atoms with van der Waals surface area (Å²) in [6, 6.07) is 9.78. The van der Waals surface area contributed by atoms with E-state index >= 15 is 0 Å². The van der Waals surface area contributed by atoms with Gasteiger partial charge in [0.25, 0.3) is 0 Å². The highest BCUT2D eigenvalue weighted by molar-refractivity contribution is 6.36. The number of aromatic nitrogens is 2. The van der Waals surface area contributed by atoms with Crippen LogP contribution in [-0.2, 0) is 4.79 Å². The second-order valence-electron chi connectivity index (χ2n) is 6.51. The van der Waals surface area contributed by atoms with Gasteiger partial charge in [-0.05, 0) is 54.1 Å². The van der Waals surface area contributed by atoms with Gasteiger partial charge in [0.05, 0.1) is 22.9 Å². The first-order chi connectivity index (χ1) is 12.6. The van der Waals surface area contributed by atoms with Crippen molar-refractivity contribution in [2.75, 3.05) is 5.32 Å². The summed E-state index contributed by atoms with van der Waals surface area (Å²) >= 11 is 6.44. The van der Waals surface area contributed by atoms with E-state index in [1.807, 2.05) is 31.3 Å². The molecule has 0 unspecified atom stereocenters. The fourth-order valence-electron chi connectivity index (χ4n) is 3.05. The molecule has 2 aromatic heterocycles. The number of carbonyl (C=O) groups excluding carboxylic acids is 1. The molecule has 128 valence electrons. The zero-order chi connectivity index (χ0) is 18.3. The third-order valence-corrected chi connectivity index (χ3v) is 4.99. The summed E-state index contributed by atoms with van der Waals surface area (Å²) in [6.07, 6.45) is 5.84. The van der Waals surface area contributed by atoms with E-state index in [1.165, 1.54) is 0 Å². The van der Waals surface area contributed by atoms with Crippen molar-refractivity contribution in [3.8, 4) is 17.2 Å². The molecule has 3 aromatic rings. The van der Waals surface area contributed by atoms with Crippen molar-refractivity contribution >= 4 is 34.1 Å². The van der Waals surface area contributed by atoms with Crippen LogP contribution in [0.15, 0.2) is 42.9 Å². The van der Waals surface area contributed by atoms with Gasteiger partial charge in [0.1, 0.15) is 5.82 Å². The third kappa shape index (κ3) is 3.00. The van der Waals surface area contributed by atoms with Crippen LogP contribution in [0, 0.1) is 30.1 Å². The average Bonchev–Trinajstić information content (AvgIpc) is 3.42. The van der Waals surface area contributed by atoms with Crippen LogP contribution in [0.5, 0.6) is 0 Å². The Labute approximate surface area is 155 Å². The number of hydrogen-bond acceptors (Lipinski definition) is 4. The van der Waals surface area contributed by atoms with Crippen LogP contribution in [0.3, 0.4) is 0 Å². The van der Waals surface area contributed by atoms with Gasteiger partial charge in [0.15, 0.2) is 0 Å². The molecule has 6 heteroatoms. The van der Waals surface area contributed by atoms with Gasteiger partial charge in [-0.2, -0.15) is 5.26 Å². The molecule has 1 aliphatic carbocycles. The lowest BCUT2D eigenvalue weighted by molar-refractivity contribution is -0.117. The lowest BCUT2D eigenvalue weighted by Gasteiger charge is -2.10. The first-order valence-electron chi connectivity index (χ1n) is 8.27. The van der Waals surface area contributed by atoms with Crippen molar-refractivity contribution < 1.29 is 4.79 Å². The molecule has 4 rings (SSSR count). The predicted molar refractivity (Wildman–Crippen MR) is 101 cm³/mol. The molecule has 0 radical (unpaired) electrons. The summed E-state index contributed by atoms with van der Waals surface area (Å²) in [5, 5.41) is 13.9. The second kappa shape index (κ2) is 6.40. The molecular formula is C20H15ClN4O. The lowest BCUT2D eigenvalue weighted by Crippen LogP contribution is -2.15. The van der Waals surface area contributed by atoms with Crippen molar-refractivity contribution in [3.63, 3.8) is 0 Å². The zero-order valence-corrected chi connectivity index (χ0v) is 14.8. The van der Waals surface area contributed by atoms with E-state index in [2.05, 4.69) is 21.4 Å². The summed E-state index contributed by atoms with van der Waals surface area (Å²) < 4.78 is 0. The van der Waals surface area contributed by atoms with Gasteiger partial charge in [0, 0.05) is 29.5 Å². The number of nitrogens with zero attached hydrogens (tertiary/aromatic N) is 3. The lowest BCUT2D eigenvalue weighted by atomic mass is 10.0. The largest absolute Gasteiger partial charge is 0.310 e. The molecular weight excluding hydrogens is 348 g/mol.